The lowest BCUT2D eigenvalue weighted by atomic mass is 9.98. The normalized spacial score (nSPS) is 15.1. The number of methoxy groups -OCH3 is 1. The van der Waals surface area contributed by atoms with Crippen molar-refractivity contribution in [1.82, 2.24) is 4.98 Å². The fraction of sp³-hybridized carbons (Fsp3) is 0.240. The van der Waals surface area contributed by atoms with Gasteiger partial charge in [0.2, 0.25) is 0 Å². The molecule has 164 valence electrons. The molecule has 0 spiro atoms. The minimum atomic E-state index is -0.596. The van der Waals surface area contributed by atoms with Gasteiger partial charge in [0, 0.05) is 30.3 Å². The maximum atomic E-state index is 12.0. The van der Waals surface area contributed by atoms with Crippen LogP contribution in [0.25, 0.3) is 11.1 Å². The molecule has 0 N–H and O–H groups in total. The third kappa shape index (κ3) is 4.75. The van der Waals surface area contributed by atoms with E-state index in [-0.39, 0.29) is 0 Å². The molecular formula is C25H23ClN2O4. The highest BCUT2D eigenvalue weighted by Gasteiger charge is 2.37. The highest BCUT2D eigenvalue weighted by atomic mass is 35.5. The number of ether oxygens (including phenoxy) is 2. The second-order valence-corrected chi connectivity index (χ2v) is 8.09. The first kappa shape index (κ1) is 21.8. The molecule has 2 heterocycles. The van der Waals surface area contributed by atoms with Crippen LogP contribution in [0.4, 0.5) is 5.82 Å². The zero-order valence-electron chi connectivity index (χ0n) is 17.9. The highest BCUT2D eigenvalue weighted by molar-refractivity contribution is 6.30. The van der Waals surface area contributed by atoms with E-state index < -0.39 is 18.0 Å². The summed E-state index contributed by atoms with van der Waals surface area (Å²) in [6, 6.07) is 17.2. The van der Waals surface area contributed by atoms with Gasteiger partial charge in [-0.1, -0.05) is 35.9 Å². The van der Waals surface area contributed by atoms with E-state index in [2.05, 4.69) is 11.1 Å². The van der Waals surface area contributed by atoms with Crippen molar-refractivity contribution in [3.05, 3.63) is 76.9 Å². The van der Waals surface area contributed by atoms with Crippen LogP contribution in [0.3, 0.4) is 0 Å². The summed E-state index contributed by atoms with van der Waals surface area (Å²) in [4.78, 5) is 29.4. The average Bonchev–Trinajstić information content (AvgIpc) is 2.73. The van der Waals surface area contributed by atoms with Crippen LogP contribution in [-0.2, 0) is 20.7 Å². The molecule has 6 nitrogen and oxygen atoms in total. The summed E-state index contributed by atoms with van der Waals surface area (Å²) >= 11 is 6.17. The van der Waals surface area contributed by atoms with Crippen LogP contribution in [0.15, 0.2) is 60.8 Å². The number of halogens is 1. The number of carbonyl (C=O) groups is 2. The monoisotopic (exact) mass is 450 g/mol. The van der Waals surface area contributed by atoms with Crippen molar-refractivity contribution < 1.29 is 19.1 Å². The van der Waals surface area contributed by atoms with E-state index in [0.29, 0.717) is 30.2 Å². The minimum absolute atomic E-state index is 0.459. The van der Waals surface area contributed by atoms with E-state index in [9.17, 15) is 9.59 Å². The van der Waals surface area contributed by atoms with E-state index in [1.807, 2.05) is 59.6 Å². The van der Waals surface area contributed by atoms with Crippen LogP contribution in [0, 0.1) is 0 Å². The van der Waals surface area contributed by atoms with Crippen molar-refractivity contribution >= 4 is 29.4 Å². The molecule has 0 saturated carbocycles. The van der Waals surface area contributed by atoms with Crippen LogP contribution in [-0.4, -0.2) is 36.6 Å². The Morgan fingerprint density at radius 3 is 2.56 bits per heavy atom. The Balaban J connectivity index is 1.50. The summed E-state index contributed by atoms with van der Waals surface area (Å²) in [5, 5.41) is 0.672. The minimum Gasteiger partial charge on any atom is -0.496 e. The Morgan fingerprint density at radius 2 is 1.94 bits per heavy atom. The molecule has 1 aliphatic heterocycles. The van der Waals surface area contributed by atoms with Gasteiger partial charge in [-0.25, -0.2) is 9.78 Å². The molecule has 3 aromatic rings. The summed E-state index contributed by atoms with van der Waals surface area (Å²) in [5.74, 6) is 0.355. The summed E-state index contributed by atoms with van der Waals surface area (Å²) in [7, 11) is 1.65. The molecule has 0 bridgehead atoms. The summed E-state index contributed by atoms with van der Waals surface area (Å²) < 4.78 is 10.3. The molecular weight excluding hydrogens is 428 g/mol. The third-order valence-corrected chi connectivity index (χ3v) is 5.68. The quantitative estimate of drug-likeness (QED) is 0.401. The fourth-order valence-electron chi connectivity index (χ4n) is 3.79. The molecule has 0 amide bonds. The van der Waals surface area contributed by atoms with Crippen LogP contribution in [0.2, 0.25) is 5.02 Å². The fourth-order valence-corrected chi connectivity index (χ4v) is 3.98. The molecule has 1 saturated heterocycles. The van der Waals surface area contributed by atoms with Crippen molar-refractivity contribution in [1.29, 1.82) is 0 Å². The smallest absolute Gasteiger partial charge is 0.336 e. The molecule has 4 rings (SSSR count). The van der Waals surface area contributed by atoms with Gasteiger partial charge in [-0.15, -0.1) is 0 Å². The van der Waals surface area contributed by atoms with Crippen molar-refractivity contribution in [2.45, 2.75) is 25.8 Å². The molecule has 1 aromatic heterocycles. The number of hydrogen-bond acceptors (Lipinski definition) is 6. The number of aromatic nitrogens is 1. The number of benzene rings is 2. The van der Waals surface area contributed by atoms with E-state index in [1.54, 1.807) is 7.11 Å². The average molecular weight is 451 g/mol. The largest absolute Gasteiger partial charge is 0.496 e. The van der Waals surface area contributed by atoms with Crippen molar-refractivity contribution in [3.8, 4) is 16.9 Å². The van der Waals surface area contributed by atoms with Crippen molar-refractivity contribution in [2.75, 3.05) is 18.6 Å². The number of rotatable bonds is 6. The lowest BCUT2D eigenvalue weighted by molar-refractivity contribution is -0.159. The maximum absolute atomic E-state index is 12.0. The molecule has 1 unspecified atom stereocenters. The molecule has 0 radical (unpaired) electrons. The van der Waals surface area contributed by atoms with E-state index in [1.165, 1.54) is 6.92 Å². The Bertz CT molecular complexity index is 1150. The standard InChI is InChI=1S/C25H23ClN2O4/c1-16(29)32-25(30)22-10-11-28(22)24-9-7-18(15-27-24)12-17-6-8-23(31-2)21(13-17)19-4-3-5-20(26)14-19/h3-9,13-15,22H,10-12H2,1-2H3. The van der Waals surface area contributed by atoms with Crippen LogP contribution in [0.5, 0.6) is 5.75 Å². The predicted octanol–water partition coefficient (Wildman–Crippen LogP) is 4.67. The number of nitrogens with zero attached hydrogens (tertiary/aromatic N) is 2. The molecule has 1 fully saturated rings. The van der Waals surface area contributed by atoms with Gasteiger partial charge in [-0.3, -0.25) is 4.79 Å². The highest BCUT2D eigenvalue weighted by Crippen LogP contribution is 2.33. The maximum Gasteiger partial charge on any atom is 0.336 e. The number of anilines is 1. The summed E-state index contributed by atoms with van der Waals surface area (Å²) in [5.41, 5.74) is 4.12. The van der Waals surface area contributed by atoms with E-state index >= 15 is 0 Å². The van der Waals surface area contributed by atoms with Crippen molar-refractivity contribution in [2.24, 2.45) is 0 Å². The SMILES string of the molecule is COc1ccc(Cc2ccc(N3CCC3C(=O)OC(C)=O)nc2)cc1-c1cccc(Cl)c1. The van der Waals surface area contributed by atoms with Gasteiger partial charge >= 0.3 is 11.9 Å². The molecule has 1 aliphatic rings. The summed E-state index contributed by atoms with van der Waals surface area (Å²) in [6.45, 7) is 1.93. The van der Waals surface area contributed by atoms with Gasteiger partial charge in [0.05, 0.1) is 7.11 Å². The molecule has 2 aromatic carbocycles. The van der Waals surface area contributed by atoms with E-state index in [0.717, 1.165) is 28.0 Å². The third-order valence-electron chi connectivity index (χ3n) is 5.45. The van der Waals surface area contributed by atoms with Gasteiger partial charge < -0.3 is 14.4 Å². The van der Waals surface area contributed by atoms with Gasteiger partial charge in [0.25, 0.3) is 0 Å². The lowest BCUT2D eigenvalue weighted by Crippen LogP contribution is -2.53. The number of carbonyl (C=O) groups excluding carboxylic acids is 2. The molecule has 1 atom stereocenters. The van der Waals surface area contributed by atoms with Crippen molar-refractivity contribution in [3.63, 3.8) is 0 Å². The Kier molecular flexibility index (Phi) is 6.42. The van der Waals surface area contributed by atoms with Crippen LogP contribution >= 0.6 is 11.6 Å². The summed E-state index contributed by atoms with van der Waals surface area (Å²) in [6.07, 6.45) is 3.15. The van der Waals surface area contributed by atoms with Gasteiger partial charge in [-0.2, -0.15) is 0 Å². The van der Waals surface area contributed by atoms with Gasteiger partial charge in [0.1, 0.15) is 17.6 Å². The van der Waals surface area contributed by atoms with Crippen LogP contribution < -0.4 is 9.64 Å². The first-order valence-corrected chi connectivity index (χ1v) is 10.7. The Morgan fingerprint density at radius 1 is 1.12 bits per heavy atom. The topological polar surface area (TPSA) is 68.7 Å². The second kappa shape index (κ2) is 9.40. The number of hydrogen-bond donors (Lipinski definition) is 0. The number of pyridine rings is 1. The zero-order valence-corrected chi connectivity index (χ0v) is 18.6. The van der Waals surface area contributed by atoms with Gasteiger partial charge in [-0.05, 0) is 59.9 Å². The first-order chi connectivity index (χ1) is 15.4. The Hall–Kier alpha value is -3.38. The van der Waals surface area contributed by atoms with E-state index in [4.69, 9.17) is 21.1 Å². The predicted molar refractivity (Wildman–Crippen MR) is 123 cm³/mol. The number of esters is 2. The first-order valence-electron chi connectivity index (χ1n) is 10.3. The van der Waals surface area contributed by atoms with Gasteiger partial charge in [0.15, 0.2) is 0 Å². The molecule has 0 aliphatic carbocycles. The second-order valence-electron chi connectivity index (χ2n) is 7.66. The van der Waals surface area contributed by atoms with Crippen LogP contribution in [0.1, 0.15) is 24.5 Å². The molecule has 7 heteroatoms. The zero-order chi connectivity index (χ0) is 22.7. The molecule has 32 heavy (non-hydrogen) atoms. The Labute approximate surface area is 191 Å². The lowest BCUT2D eigenvalue weighted by Gasteiger charge is -2.39.